The molecule has 0 saturated heterocycles. The molecule has 7 heteroatoms. The van der Waals surface area contributed by atoms with Gasteiger partial charge in [-0.05, 0) is 31.2 Å². The molecule has 0 bridgehead atoms. The van der Waals surface area contributed by atoms with Crippen LogP contribution in [0.5, 0.6) is 11.5 Å². The van der Waals surface area contributed by atoms with E-state index in [1.54, 1.807) is 43.8 Å². The first-order valence-corrected chi connectivity index (χ1v) is 9.35. The summed E-state index contributed by atoms with van der Waals surface area (Å²) in [5.74, 6) is 1.13. The number of thiazole rings is 1. The number of aromatic nitrogens is 1. The van der Waals surface area contributed by atoms with E-state index in [-0.39, 0.29) is 11.2 Å². The molecule has 0 radical (unpaired) electrons. The van der Waals surface area contributed by atoms with E-state index in [4.69, 9.17) is 9.47 Å². The summed E-state index contributed by atoms with van der Waals surface area (Å²) >= 11 is 3.03. The van der Waals surface area contributed by atoms with E-state index in [0.29, 0.717) is 17.2 Å². The van der Waals surface area contributed by atoms with Crippen molar-refractivity contribution in [1.82, 2.24) is 4.98 Å². The van der Waals surface area contributed by atoms with Gasteiger partial charge in [0.05, 0.1) is 35.4 Å². The minimum atomic E-state index is -0.295. The number of benzene rings is 2. The van der Waals surface area contributed by atoms with E-state index >= 15 is 0 Å². The van der Waals surface area contributed by atoms with Crippen molar-refractivity contribution in [2.24, 2.45) is 0 Å². The number of nitrogens with zero attached hydrogens (tertiary/aromatic N) is 1. The van der Waals surface area contributed by atoms with Crippen LogP contribution in [0.1, 0.15) is 6.92 Å². The molecule has 0 aliphatic rings. The Labute approximate surface area is 154 Å². The number of amides is 1. The van der Waals surface area contributed by atoms with Crippen molar-refractivity contribution >= 4 is 44.9 Å². The molecule has 5 nitrogen and oxygen atoms in total. The van der Waals surface area contributed by atoms with Gasteiger partial charge < -0.3 is 14.8 Å². The monoisotopic (exact) mass is 374 g/mol. The van der Waals surface area contributed by atoms with Crippen molar-refractivity contribution in [3.05, 3.63) is 42.5 Å². The number of nitrogens with one attached hydrogen (secondary N) is 1. The fraction of sp³-hybridized carbons (Fsp3) is 0.222. The first kappa shape index (κ1) is 17.6. The molecule has 0 spiro atoms. The molecule has 0 fully saturated rings. The number of rotatable bonds is 6. The molecule has 0 aliphatic heterocycles. The van der Waals surface area contributed by atoms with Gasteiger partial charge in [0, 0.05) is 6.07 Å². The van der Waals surface area contributed by atoms with Crippen molar-refractivity contribution in [2.75, 3.05) is 19.5 Å². The predicted octanol–water partition coefficient (Wildman–Crippen LogP) is 4.43. The third kappa shape index (κ3) is 4.05. The minimum absolute atomic E-state index is 0.115. The van der Waals surface area contributed by atoms with Crippen LogP contribution < -0.4 is 14.8 Å². The molecule has 0 saturated carbocycles. The van der Waals surface area contributed by atoms with Crippen LogP contribution in [-0.2, 0) is 4.79 Å². The molecule has 0 aliphatic carbocycles. The van der Waals surface area contributed by atoms with Crippen molar-refractivity contribution in [2.45, 2.75) is 16.5 Å². The molecule has 130 valence electrons. The number of methoxy groups -OCH3 is 2. The quantitative estimate of drug-likeness (QED) is 0.647. The molecular weight excluding hydrogens is 356 g/mol. The summed E-state index contributed by atoms with van der Waals surface area (Å²) in [5, 5.41) is 2.61. The number of anilines is 1. The fourth-order valence-corrected chi connectivity index (χ4v) is 4.46. The summed E-state index contributed by atoms with van der Waals surface area (Å²) in [5.41, 5.74) is 1.54. The lowest BCUT2D eigenvalue weighted by Crippen LogP contribution is -2.22. The lowest BCUT2D eigenvalue weighted by Gasteiger charge is -2.14. The number of carbonyl (C=O) groups is 1. The van der Waals surface area contributed by atoms with E-state index in [1.807, 2.05) is 31.2 Å². The molecule has 3 rings (SSSR count). The zero-order valence-corrected chi connectivity index (χ0v) is 15.7. The largest absolute Gasteiger partial charge is 0.497 e. The van der Waals surface area contributed by atoms with Gasteiger partial charge in [-0.15, -0.1) is 11.3 Å². The van der Waals surface area contributed by atoms with Crippen LogP contribution in [-0.4, -0.2) is 30.4 Å². The van der Waals surface area contributed by atoms with Crippen LogP contribution in [0, 0.1) is 0 Å². The second-order valence-corrected chi connectivity index (χ2v) is 7.88. The Kier molecular flexibility index (Phi) is 5.45. The first-order chi connectivity index (χ1) is 12.1. The molecule has 1 unspecified atom stereocenters. The summed E-state index contributed by atoms with van der Waals surface area (Å²) in [4.78, 5) is 17.1. The predicted molar refractivity (Wildman–Crippen MR) is 103 cm³/mol. The van der Waals surface area contributed by atoms with Crippen molar-refractivity contribution in [1.29, 1.82) is 0 Å². The van der Waals surface area contributed by atoms with Gasteiger partial charge in [-0.3, -0.25) is 4.79 Å². The Morgan fingerprint density at radius 3 is 2.72 bits per heavy atom. The Morgan fingerprint density at radius 2 is 2.00 bits per heavy atom. The Bertz CT molecular complexity index is 862. The molecule has 1 amide bonds. The van der Waals surface area contributed by atoms with Gasteiger partial charge in [-0.2, -0.15) is 0 Å². The maximum atomic E-state index is 12.5. The molecule has 25 heavy (non-hydrogen) atoms. The minimum Gasteiger partial charge on any atom is -0.497 e. The number of para-hydroxylation sites is 1. The lowest BCUT2D eigenvalue weighted by atomic mass is 10.2. The average molecular weight is 374 g/mol. The molecule has 3 aromatic rings. The third-order valence-corrected chi connectivity index (χ3v) is 5.82. The van der Waals surface area contributed by atoms with Gasteiger partial charge in [0.2, 0.25) is 5.91 Å². The van der Waals surface area contributed by atoms with Crippen LogP contribution in [0.2, 0.25) is 0 Å². The highest BCUT2D eigenvalue weighted by Crippen LogP contribution is 2.33. The van der Waals surface area contributed by atoms with Gasteiger partial charge in [-0.25, -0.2) is 4.98 Å². The summed E-state index contributed by atoms with van der Waals surface area (Å²) in [6.07, 6.45) is 0. The van der Waals surface area contributed by atoms with E-state index in [2.05, 4.69) is 10.3 Å². The van der Waals surface area contributed by atoms with E-state index in [9.17, 15) is 4.79 Å². The highest BCUT2D eigenvalue weighted by atomic mass is 32.2. The van der Waals surface area contributed by atoms with Crippen LogP contribution in [0.15, 0.2) is 46.8 Å². The van der Waals surface area contributed by atoms with Crippen LogP contribution in [0.4, 0.5) is 5.69 Å². The van der Waals surface area contributed by atoms with Gasteiger partial charge in [0.15, 0.2) is 4.34 Å². The molecule has 1 aromatic heterocycles. The van der Waals surface area contributed by atoms with Gasteiger partial charge in [0.1, 0.15) is 11.5 Å². The summed E-state index contributed by atoms with van der Waals surface area (Å²) in [7, 11) is 3.15. The Balaban J connectivity index is 1.72. The van der Waals surface area contributed by atoms with Gasteiger partial charge in [0.25, 0.3) is 0 Å². The van der Waals surface area contributed by atoms with E-state index in [0.717, 1.165) is 14.6 Å². The summed E-state index contributed by atoms with van der Waals surface area (Å²) in [6.45, 7) is 1.86. The number of ether oxygens (including phenoxy) is 2. The zero-order chi connectivity index (χ0) is 17.8. The number of hydrogen-bond acceptors (Lipinski definition) is 6. The topological polar surface area (TPSA) is 60.5 Å². The van der Waals surface area contributed by atoms with Crippen molar-refractivity contribution in [3.63, 3.8) is 0 Å². The maximum Gasteiger partial charge on any atom is 0.237 e. The highest BCUT2D eigenvalue weighted by Gasteiger charge is 2.18. The second-order valence-electron chi connectivity index (χ2n) is 5.26. The molecule has 1 N–H and O–H groups in total. The Morgan fingerprint density at radius 1 is 1.20 bits per heavy atom. The number of hydrogen-bond donors (Lipinski definition) is 1. The molecular formula is C18H18N2O3S2. The summed E-state index contributed by atoms with van der Waals surface area (Å²) < 4.78 is 12.5. The fourth-order valence-electron chi connectivity index (χ4n) is 2.25. The normalized spacial score (nSPS) is 12.0. The van der Waals surface area contributed by atoms with Crippen molar-refractivity contribution < 1.29 is 14.3 Å². The zero-order valence-electron chi connectivity index (χ0n) is 14.1. The highest BCUT2D eigenvalue weighted by molar-refractivity contribution is 8.02. The number of thioether (sulfide) groups is 1. The summed E-state index contributed by atoms with van der Waals surface area (Å²) in [6, 6.07) is 13.2. The van der Waals surface area contributed by atoms with E-state index in [1.165, 1.54) is 11.8 Å². The third-order valence-electron chi connectivity index (χ3n) is 3.59. The van der Waals surface area contributed by atoms with Crippen molar-refractivity contribution in [3.8, 4) is 11.5 Å². The van der Waals surface area contributed by atoms with Gasteiger partial charge >= 0.3 is 0 Å². The SMILES string of the molecule is COc1ccc(OC)c(NC(=O)C(C)Sc2nc3ccccc3s2)c1. The van der Waals surface area contributed by atoms with Crippen LogP contribution in [0.3, 0.4) is 0 Å². The van der Waals surface area contributed by atoms with Gasteiger partial charge in [-0.1, -0.05) is 23.9 Å². The average Bonchev–Trinajstić information content (AvgIpc) is 3.03. The molecule has 1 heterocycles. The lowest BCUT2D eigenvalue weighted by molar-refractivity contribution is -0.115. The molecule has 2 aromatic carbocycles. The molecule has 1 atom stereocenters. The first-order valence-electron chi connectivity index (χ1n) is 7.66. The van der Waals surface area contributed by atoms with E-state index < -0.39 is 0 Å². The maximum absolute atomic E-state index is 12.5. The standard InChI is InChI=1S/C18H18N2O3S2/c1-11(24-18-20-13-6-4-5-7-16(13)25-18)17(21)19-14-10-12(22-2)8-9-15(14)23-3/h4-11H,1-3H3,(H,19,21). The van der Waals surface area contributed by atoms with Crippen LogP contribution >= 0.6 is 23.1 Å². The number of fused-ring (bicyclic) bond motifs is 1. The number of carbonyl (C=O) groups excluding carboxylic acids is 1. The second kappa shape index (κ2) is 7.76. The van der Waals surface area contributed by atoms with Crippen LogP contribution in [0.25, 0.3) is 10.2 Å². The smallest absolute Gasteiger partial charge is 0.237 e. The Hall–Kier alpha value is -2.25.